The number of carboxylic acids is 1. The van der Waals surface area contributed by atoms with Crippen molar-refractivity contribution >= 4 is 16.0 Å². The standard InChI is InChI=1S/C9H18N2O4S/c1-3-4-11-6-5-10(7-9(12)13)8(2)16(11,14)15/h8H,3-7H2,1-2H3,(H,12,13)/t8-/m0/s1. The van der Waals surface area contributed by atoms with Crippen LogP contribution < -0.4 is 0 Å². The summed E-state index contributed by atoms with van der Waals surface area (Å²) in [6.07, 6.45) is 0.769. The molecule has 0 bridgehead atoms. The summed E-state index contributed by atoms with van der Waals surface area (Å²) in [5.41, 5.74) is 0. The van der Waals surface area contributed by atoms with Gasteiger partial charge in [-0.15, -0.1) is 0 Å². The third-order valence-corrected chi connectivity index (χ3v) is 5.00. The van der Waals surface area contributed by atoms with E-state index < -0.39 is 21.4 Å². The fourth-order valence-corrected chi connectivity index (χ4v) is 3.58. The Morgan fingerprint density at radius 1 is 1.44 bits per heavy atom. The van der Waals surface area contributed by atoms with Crippen molar-refractivity contribution < 1.29 is 18.3 Å². The maximum Gasteiger partial charge on any atom is 0.317 e. The fraction of sp³-hybridized carbons (Fsp3) is 0.889. The SMILES string of the molecule is CCCN1CCN(CC(=O)O)[C@H](C)S1(=O)=O. The van der Waals surface area contributed by atoms with Crippen LogP contribution in [0.2, 0.25) is 0 Å². The van der Waals surface area contributed by atoms with E-state index in [1.54, 1.807) is 6.92 Å². The minimum atomic E-state index is -3.36. The summed E-state index contributed by atoms with van der Waals surface area (Å²) in [7, 11) is -3.36. The highest BCUT2D eigenvalue weighted by Crippen LogP contribution is 2.18. The molecule has 0 saturated carbocycles. The molecule has 0 aromatic carbocycles. The first-order valence-corrected chi connectivity index (χ1v) is 6.84. The predicted octanol–water partition coefficient (Wildman–Crippen LogP) is -0.226. The van der Waals surface area contributed by atoms with Crippen molar-refractivity contribution in [3.05, 3.63) is 0 Å². The van der Waals surface area contributed by atoms with Crippen LogP contribution in [0.15, 0.2) is 0 Å². The van der Waals surface area contributed by atoms with Gasteiger partial charge in [0.15, 0.2) is 0 Å². The molecule has 94 valence electrons. The van der Waals surface area contributed by atoms with Crippen molar-refractivity contribution in [2.45, 2.75) is 25.6 Å². The molecule has 7 heteroatoms. The van der Waals surface area contributed by atoms with Crippen LogP contribution in [0.3, 0.4) is 0 Å². The predicted molar refractivity (Wildman–Crippen MR) is 59.5 cm³/mol. The minimum Gasteiger partial charge on any atom is -0.480 e. The first-order chi connectivity index (χ1) is 7.39. The number of carboxylic acid groups (broad SMARTS) is 1. The van der Waals surface area contributed by atoms with Crippen LogP contribution in [-0.4, -0.2) is 60.3 Å². The van der Waals surface area contributed by atoms with E-state index in [4.69, 9.17) is 5.11 Å². The van der Waals surface area contributed by atoms with Gasteiger partial charge >= 0.3 is 5.97 Å². The van der Waals surface area contributed by atoms with Crippen LogP contribution >= 0.6 is 0 Å². The largest absolute Gasteiger partial charge is 0.480 e. The van der Waals surface area contributed by atoms with Crippen molar-refractivity contribution in [3.63, 3.8) is 0 Å². The number of hydrogen-bond donors (Lipinski definition) is 1. The Balaban J connectivity index is 2.78. The van der Waals surface area contributed by atoms with Gasteiger partial charge in [-0.2, -0.15) is 4.31 Å². The normalized spacial score (nSPS) is 26.8. The van der Waals surface area contributed by atoms with Crippen molar-refractivity contribution in [3.8, 4) is 0 Å². The molecule has 0 aliphatic carbocycles. The van der Waals surface area contributed by atoms with Gasteiger partial charge in [0, 0.05) is 19.6 Å². The average Bonchev–Trinajstić information content (AvgIpc) is 2.18. The zero-order chi connectivity index (χ0) is 12.3. The van der Waals surface area contributed by atoms with Crippen LogP contribution in [0.4, 0.5) is 0 Å². The maximum atomic E-state index is 12.0. The van der Waals surface area contributed by atoms with E-state index in [1.807, 2.05) is 6.92 Å². The van der Waals surface area contributed by atoms with Crippen molar-refractivity contribution in [1.82, 2.24) is 9.21 Å². The summed E-state index contributed by atoms with van der Waals surface area (Å²) in [5, 5.41) is 7.93. The lowest BCUT2D eigenvalue weighted by atomic mass is 10.4. The summed E-state index contributed by atoms with van der Waals surface area (Å²) in [6, 6.07) is 0. The second-order valence-corrected chi connectivity index (χ2v) is 6.14. The Kier molecular flexibility index (Phi) is 4.28. The second-order valence-electron chi connectivity index (χ2n) is 3.91. The van der Waals surface area contributed by atoms with Crippen LogP contribution in [0.1, 0.15) is 20.3 Å². The molecule has 0 unspecified atom stereocenters. The van der Waals surface area contributed by atoms with Gasteiger partial charge in [0.05, 0.1) is 6.54 Å². The first kappa shape index (κ1) is 13.4. The van der Waals surface area contributed by atoms with Crippen LogP contribution in [0, 0.1) is 0 Å². The van der Waals surface area contributed by atoms with Gasteiger partial charge in [0.1, 0.15) is 5.37 Å². The van der Waals surface area contributed by atoms with Crippen LogP contribution in [-0.2, 0) is 14.8 Å². The van der Waals surface area contributed by atoms with Gasteiger partial charge in [0.2, 0.25) is 10.0 Å². The monoisotopic (exact) mass is 250 g/mol. The van der Waals surface area contributed by atoms with E-state index in [9.17, 15) is 13.2 Å². The van der Waals surface area contributed by atoms with Crippen molar-refractivity contribution in [2.75, 3.05) is 26.2 Å². The topological polar surface area (TPSA) is 77.9 Å². The van der Waals surface area contributed by atoms with E-state index in [2.05, 4.69) is 0 Å². The molecule has 0 aromatic rings. The van der Waals surface area contributed by atoms with E-state index >= 15 is 0 Å². The van der Waals surface area contributed by atoms with Gasteiger partial charge in [0.25, 0.3) is 0 Å². The van der Waals surface area contributed by atoms with E-state index in [-0.39, 0.29) is 6.54 Å². The van der Waals surface area contributed by atoms with Crippen molar-refractivity contribution in [1.29, 1.82) is 0 Å². The lowest BCUT2D eigenvalue weighted by Gasteiger charge is -2.38. The zero-order valence-corrected chi connectivity index (χ0v) is 10.4. The molecule has 0 spiro atoms. The molecule has 1 saturated heterocycles. The summed E-state index contributed by atoms with van der Waals surface area (Å²) in [6.45, 7) is 4.61. The number of aliphatic carboxylic acids is 1. The van der Waals surface area contributed by atoms with Gasteiger partial charge in [-0.3, -0.25) is 9.69 Å². The number of hydrogen-bond acceptors (Lipinski definition) is 4. The molecule has 1 fully saturated rings. The summed E-state index contributed by atoms with van der Waals surface area (Å²) in [5.74, 6) is -0.994. The highest BCUT2D eigenvalue weighted by atomic mass is 32.2. The number of sulfonamides is 1. The Hall–Kier alpha value is -0.660. The number of carbonyl (C=O) groups is 1. The highest BCUT2D eigenvalue weighted by Gasteiger charge is 2.37. The summed E-state index contributed by atoms with van der Waals surface area (Å²) in [4.78, 5) is 12.1. The molecule has 1 rings (SSSR count). The Bertz CT molecular complexity index is 355. The molecule has 1 aliphatic rings. The molecule has 1 N–H and O–H groups in total. The van der Waals surface area contributed by atoms with E-state index in [0.29, 0.717) is 19.6 Å². The molecular weight excluding hydrogens is 232 g/mol. The molecular formula is C9H18N2O4S. The molecule has 1 atom stereocenters. The molecule has 16 heavy (non-hydrogen) atoms. The molecule has 6 nitrogen and oxygen atoms in total. The molecule has 1 heterocycles. The Morgan fingerprint density at radius 3 is 2.56 bits per heavy atom. The van der Waals surface area contributed by atoms with Crippen molar-refractivity contribution in [2.24, 2.45) is 0 Å². The quantitative estimate of drug-likeness (QED) is 0.746. The number of rotatable bonds is 4. The van der Waals surface area contributed by atoms with E-state index in [0.717, 1.165) is 6.42 Å². The van der Waals surface area contributed by atoms with E-state index in [1.165, 1.54) is 9.21 Å². The first-order valence-electron chi connectivity index (χ1n) is 5.34. The fourth-order valence-electron chi connectivity index (χ4n) is 1.82. The molecule has 1 aliphatic heterocycles. The molecule has 0 amide bonds. The Labute approximate surface area is 95.9 Å². The third kappa shape index (κ3) is 2.72. The highest BCUT2D eigenvalue weighted by molar-refractivity contribution is 7.89. The summed E-state index contributed by atoms with van der Waals surface area (Å²) >= 11 is 0. The smallest absolute Gasteiger partial charge is 0.317 e. The summed E-state index contributed by atoms with van der Waals surface area (Å²) < 4.78 is 25.4. The zero-order valence-electron chi connectivity index (χ0n) is 9.59. The van der Waals surface area contributed by atoms with Gasteiger partial charge in [-0.25, -0.2) is 8.42 Å². The van der Waals surface area contributed by atoms with Gasteiger partial charge in [-0.05, 0) is 13.3 Å². The lowest BCUT2D eigenvalue weighted by molar-refractivity contribution is -0.138. The molecule has 0 aromatic heterocycles. The van der Waals surface area contributed by atoms with Crippen LogP contribution in [0.5, 0.6) is 0 Å². The average molecular weight is 250 g/mol. The molecule has 0 radical (unpaired) electrons. The van der Waals surface area contributed by atoms with Crippen LogP contribution in [0.25, 0.3) is 0 Å². The second kappa shape index (κ2) is 5.11. The minimum absolute atomic E-state index is 0.222. The van der Waals surface area contributed by atoms with Gasteiger partial charge in [-0.1, -0.05) is 6.92 Å². The lowest BCUT2D eigenvalue weighted by Crippen LogP contribution is -2.56. The maximum absolute atomic E-state index is 12.0. The van der Waals surface area contributed by atoms with Gasteiger partial charge < -0.3 is 5.11 Å². The number of nitrogens with zero attached hydrogens (tertiary/aromatic N) is 2. The Morgan fingerprint density at radius 2 is 2.06 bits per heavy atom. The third-order valence-electron chi connectivity index (χ3n) is 2.75.